The monoisotopic (exact) mass is 374 g/mol. The fraction of sp³-hybridized carbons (Fsp3) is 0.579. The summed E-state index contributed by atoms with van der Waals surface area (Å²) in [6.45, 7) is 7.31. The molecule has 3 heterocycles. The molecule has 8 nitrogen and oxygen atoms in total. The van der Waals surface area contributed by atoms with Crippen LogP contribution in [0.5, 0.6) is 5.75 Å². The molecule has 2 saturated heterocycles. The van der Waals surface area contributed by atoms with Gasteiger partial charge in [0.2, 0.25) is 0 Å². The van der Waals surface area contributed by atoms with Crippen LogP contribution in [0.1, 0.15) is 10.5 Å². The van der Waals surface area contributed by atoms with Crippen molar-refractivity contribution in [2.24, 2.45) is 0 Å². The number of hydrogen-bond acceptors (Lipinski definition) is 6. The van der Waals surface area contributed by atoms with Crippen molar-refractivity contribution in [1.29, 1.82) is 0 Å². The number of rotatable bonds is 5. The minimum atomic E-state index is -0.0401. The van der Waals surface area contributed by atoms with Crippen LogP contribution in [0.2, 0.25) is 0 Å². The van der Waals surface area contributed by atoms with Crippen molar-refractivity contribution < 1.29 is 19.0 Å². The van der Waals surface area contributed by atoms with Gasteiger partial charge in [0.1, 0.15) is 11.3 Å². The number of morpholine rings is 2. The van der Waals surface area contributed by atoms with Crippen molar-refractivity contribution in [3.05, 3.63) is 23.9 Å². The van der Waals surface area contributed by atoms with Crippen molar-refractivity contribution in [1.82, 2.24) is 19.6 Å². The minimum absolute atomic E-state index is 0.0401. The normalized spacial score (nSPS) is 18.8. The molecule has 0 N–H and O–H groups in total. The quantitative estimate of drug-likeness (QED) is 0.773. The Morgan fingerprint density at radius 3 is 2.48 bits per heavy atom. The Morgan fingerprint density at radius 1 is 1.07 bits per heavy atom. The molecule has 2 aliphatic heterocycles. The Bertz CT molecular complexity index is 794. The van der Waals surface area contributed by atoms with Crippen molar-refractivity contribution in [3.8, 4) is 5.75 Å². The predicted molar refractivity (Wildman–Crippen MR) is 100 cm³/mol. The first-order valence-corrected chi connectivity index (χ1v) is 9.48. The number of aromatic nitrogens is 2. The third kappa shape index (κ3) is 3.78. The molecular weight excluding hydrogens is 348 g/mol. The summed E-state index contributed by atoms with van der Waals surface area (Å²) in [5.41, 5.74) is 1.37. The standard InChI is InChI=1S/C19H26N4O4/c1-25-16-4-2-3-15-17(19(24)22-9-13-27-14-10-22)20-23(18(15)16)6-5-21-7-11-26-12-8-21/h2-4H,5-14H2,1H3. The highest BCUT2D eigenvalue weighted by molar-refractivity contribution is 6.06. The molecule has 1 aromatic heterocycles. The van der Waals surface area contributed by atoms with E-state index in [-0.39, 0.29) is 5.91 Å². The summed E-state index contributed by atoms with van der Waals surface area (Å²) < 4.78 is 18.3. The molecule has 2 aliphatic rings. The van der Waals surface area contributed by atoms with Crippen LogP contribution < -0.4 is 4.74 Å². The van der Waals surface area contributed by atoms with Crippen molar-refractivity contribution in [3.63, 3.8) is 0 Å². The Kier molecular flexibility index (Phi) is 5.56. The Balaban J connectivity index is 1.64. The predicted octanol–water partition coefficient (Wildman–Crippen LogP) is 0.849. The first-order valence-electron chi connectivity index (χ1n) is 9.48. The van der Waals surface area contributed by atoms with Crippen molar-refractivity contribution in [2.45, 2.75) is 6.54 Å². The van der Waals surface area contributed by atoms with E-state index in [1.165, 1.54) is 0 Å². The van der Waals surface area contributed by atoms with E-state index < -0.39 is 0 Å². The number of benzene rings is 1. The number of amides is 1. The second kappa shape index (κ2) is 8.24. The molecule has 1 aromatic carbocycles. The first-order chi connectivity index (χ1) is 13.3. The number of hydrogen-bond donors (Lipinski definition) is 0. The second-order valence-electron chi connectivity index (χ2n) is 6.79. The van der Waals surface area contributed by atoms with Gasteiger partial charge in [0.15, 0.2) is 5.69 Å². The molecule has 8 heteroatoms. The van der Waals surface area contributed by atoms with E-state index in [1.807, 2.05) is 27.8 Å². The topological polar surface area (TPSA) is 69.1 Å². The molecule has 0 aliphatic carbocycles. The SMILES string of the molecule is COc1cccc2c(C(=O)N3CCOCC3)nn(CCN3CCOCC3)c12. The number of methoxy groups -OCH3 is 1. The highest BCUT2D eigenvalue weighted by Crippen LogP contribution is 2.29. The lowest BCUT2D eigenvalue weighted by Gasteiger charge is -2.26. The lowest BCUT2D eigenvalue weighted by molar-refractivity contribution is 0.0298. The summed E-state index contributed by atoms with van der Waals surface area (Å²) in [5.74, 6) is 0.699. The van der Waals surface area contributed by atoms with Crippen LogP contribution in [0, 0.1) is 0 Å². The Labute approximate surface area is 158 Å². The zero-order valence-electron chi connectivity index (χ0n) is 15.7. The molecule has 1 amide bonds. The summed E-state index contributed by atoms with van der Waals surface area (Å²) in [4.78, 5) is 17.2. The van der Waals surface area contributed by atoms with E-state index in [4.69, 9.17) is 19.3 Å². The zero-order valence-corrected chi connectivity index (χ0v) is 15.7. The van der Waals surface area contributed by atoms with Crippen LogP contribution in [-0.2, 0) is 16.0 Å². The van der Waals surface area contributed by atoms with Crippen LogP contribution in [0.25, 0.3) is 10.9 Å². The molecule has 0 atom stereocenters. The van der Waals surface area contributed by atoms with Gasteiger partial charge in [-0.1, -0.05) is 12.1 Å². The van der Waals surface area contributed by atoms with Crippen LogP contribution in [0.3, 0.4) is 0 Å². The van der Waals surface area contributed by atoms with Gasteiger partial charge in [0.05, 0.1) is 40.1 Å². The Morgan fingerprint density at radius 2 is 1.78 bits per heavy atom. The van der Waals surface area contributed by atoms with Crippen molar-refractivity contribution >= 4 is 16.8 Å². The molecular formula is C19H26N4O4. The zero-order chi connectivity index (χ0) is 18.6. The second-order valence-corrected chi connectivity index (χ2v) is 6.79. The van der Waals surface area contributed by atoms with E-state index >= 15 is 0 Å². The van der Waals surface area contributed by atoms with E-state index in [1.54, 1.807) is 7.11 Å². The van der Waals surface area contributed by atoms with Crippen LogP contribution in [0.4, 0.5) is 0 Å². The fourth-order valence-electron chi connectivity index (χ4n) is 3.67. The highest BCUT2D eigenvalue weighted by atomic mass is 16.5. The number of nitrogens with zero attached hydrogens (tertiary/aromatic N) is 4. The molecule has 2 fully saturated rings. The maximum absolute atomic E-state index is 13.1. The first kappa shape index (κ1) is 18.2. The smallest absolute Gasteiger partial charge is 0.275 e. The number of carbonyl (C=O) groups excluding carboxylic acids is 1. The average molecular weight is 374 g/mol. The molecule has 0 saturated carbocycles. The largest absolute Gasteiger partial charge is 0.494 e. The third-order valence-corrected chi connectivity index (χ3v) is 5.19. The number of fused-ring (bicyclic) bond motifs is 1. The highest BCUT2D eigenvalue weighted by Gasteiger charge is 2.25. The van der Waals surface area contributed by atoms with Gasteiger partial charge in [-0.25, -0.2) is 0 Å². The number of carbonyl (C=O) groups is 1. The molecule has 4 rings (SSSR count). The fourth-order valence-corrected chi connectivity index (χ4v) is 3.67. The van der Waals surface area contributed by atoms with Gasteiger partial charge in [-0.2, -0.15) is 5.10 Å². The van der Waals surface area contributed by atoms with Gasteiger partial charge >= 0.3 is 0 Å². The van der Waals surface area contributed by atoms with E-state index in [2.05, 4.69) is 4.90 Å². The van der Waals surface area contributed by atoms with E-state index in [0.29, 0.717) is 38.5 Å². The van der Waals surface area contributed by atoms with Gasteiger partial charge in [0.25, 0.3) is 5.91 Å². The molecule has 0 spiro atoms. The average Bonchev–Trinajstić information content (AvgIpc) is 3.12. The minimum Gasteiger partial charge on any atom is -0.494 e. The number of ether oxygens (including phenoxy) is 3. The molecule has 0 bridgehead atoms. The summed E-state index contributed by atoms with van der Waals surface area (Å²) in [6.07, 6.45) is 0. The molecule has 27 heavy (non-hydrogen) atoms. The molecule has 146 valence electrons. The van der Waals surface area contributed by atoms with Crippen LogP contribution >= 0.6 is 0 Å². The maximum Gasteiger partial charge on any atom is 0.275 e. The summed E-state index contributed by atoms with van der Waals surface area (Å²) >= 11 is 0. The summed E-state index contributed by atoms with van der Waals surface area (Å²) in [7, 11) is 1.65. The number of para-hydroxylation sites is 1. The molecule has 2 aromatic rings. The Hall–Kier alpha value is -2.16. The summed E-state index contributed by atoms with van der Waals surface area (Å²) in [6, 6.07) is 5.77. The van der Waals surface area contributed by atoms with Gasteiger partial charge in [-0.15, -0.1) is 0 Å². The lowest BCUT2D eigenvalue weighted by Crippen LogP contribution is -2.41. The van der Waals surface area contributed by atoms with Gasteiger partial charge < -0.3 is 19.1 Å². The van der Waals surface area contributed by atoms with Gasteiger partial charge in [-0.05, 0) is 6.07 Å². The molecule has 0 radical (unpaired) electrons. The van der Waals surface area contributed by atoms with E-state index in [0.717, 1.165) is 49.5 Å². The molecule has 0 unspecified atom stereocenters. The van der Waals surface area contributed by atoms with E-state index in [9.17, 15) is 4.79 Å². The summed E-state index contributed by atoms with van der Waals surface area (Å²) in [5, 5.41) is 5.54. The van der Waals surface area contributed by atoms with Crippen LogP contribution in [0.15, 0.2) is 18.2 Å². The third-order valence-electron chi connectivity index (χ3n) is 5.19. The maximum atomic E-state index is 13.1. The van der Waals surface area contributed by atoms with Crippen molar-refractivity contribution in [2.75, 3.05) is 66.3 Å². The van der Waals surface area contributed by atoms with Gasteiger partial charge in [0, 0.05) is 38.1 Å². The lowest BCUT2D eigenvalue weighted by atomic mass is 10.1. The van der Waals surface area contributed by atoms with Crippen LogP contribution in [-0.4, -0.2) is 91.7 Å². The van der Waals surface area contributed by atoms with Gasteiger partial charge in [-0.3, -0.25) is 14.4 Å².